The van der Waals surface area contributed by atoms with Crippen molar-refractivity contribution in [2.24, 2.45) is 0 Å². The molecule has 0 N–H and O–H groups in total. The van der Waals surface area contributed by atoms with Gasteiger partial charge in [0, 0.05) is 0 Å². The molecule has 0 fully saturated rings. The zero-order valence-corrected chi connectivity index (χ0v) is 8.51. The second kappa shape index (κ2) is 5.43. The topological polar surface area (TPSA) is 0 Å². The van der Waals surface area contributed by atoms with Crippen LogP contribution in [-0.2, 0) is 27.5 Å². The van der Waals surface area contributed by atoms with Gasteiger partial charge in [-0.25, -0.2) is 0 Å². The Balaban J connectivity index is 0.000000810. The van der Waals surface area contributed by atoms with E-state index in [-0.39, 0.29) is 21.1 Å². The molecule has 0 aliphatic carbocycles. The van der Waals surface area contributed by atoms with Crippen molar-refractivity contribution in [2.45, 2.75) is 6.42 Å². The summed E-state index contributed by atoms with van der Waals surface area (Å²) in [5.74, 6) is 0. The van der Waals surface area contributed by atoms with Gasteiger partial charge in [-0.3, -0.25) is 6.08 Å². The van der Waals surface area contributed by atoms with Crippen LogP contribution in [0.4, 0.5) is 0 Å². The van der Waals surface area contributed by atoms with Gasteiger partial charge in [-0.2, -0.15) is 35.9 Å². The Morgan fingerprint density at radius 2 is 2.30 bits per heavy atom. The van der Waals surface area contributed by atoms with Crippen LogP contribution >= 0.6 is 0 Å². The van der Waals surface area contributed by atoms with E-state index in [1.807, 2.05) is 24.3 Å². The third-order valence-corrected chi connectivity index (χ3v) is 1.11. The van der Waals surface area contributed by atoms with Crippen molar-refractivity contribution in [1.82, 2.24) is 0 Å². The van der Waals surface area contributed by atoms with Crippen LogP contribution < -0.4 is 0 Å². The molecule has 10 heavy (non-hydrogen) atoms. The average Bonchev–Trinajstić information content (AvgIpc) is 1.91. The van der Waals surface area contributed by atoms with Gasteiger partial charge < -0.3 is 6.58 Å². The molecule has 1 rings (SSSR count). The van der Waals surface area contributed by atoms with E-state index in [1.165, 1.54) is 0 Å². The molecule has 0 nitrogen and oxygen atoms in total. The number of rotatable bonds is 2. The molecule has 0 unspecified atom stereocenters. The van der Waals surface area contributed by atoms with Gasteiger partial charge in [-0.05, 0) is 0 Å². The molecular formula is C9H8W. The van der Waals surface area contributed by atoms with Gasteiger partial charge in [0.25, 0.3) is 0 Å². The molecule has 0 saturated carbocycles. The van der Waals surface area contributed by atoms with Crippen molar-refractivity contribution < 1.29 is 21.1 Å². The number of benzene rings is 1. The molecule has 0 bridgehead atoms. The number of hydrogen-bond donors (Lipinski definition) is 0. The van der Waals surface area contributed by atoms with E-state index >= 15 is 0 Å². The first-order valence-corrected chi connectivity index (χ1v) is 2.92. The maximum Gasteiger partial charge on any atom is 2.00 e. The van der Waals surface area contributed by atoms with Crippen LogP contribution in [0.5, 0.6) is 0 Å². The van der Waals surface area contributed by atoms with Gasteiger partial charge in [0.15, 0.2) is 0 Å². The fourth-order valence-corrected chi connectivity index (χ4v) is 0.684. The normalized spacial score (nSPS) is 8.00. The van der Waals surface area contributed by atoms with Crippen LogP contribution in [0, 0.1) is 12.6 Å². The van der Waals surface area contributed by atoms with Crippen LogP contribution in [-0.4, -0.2) is 0 Å². The Morgan fingerprint density at radius 1 is 1.50 bits per heavy atom. The average molecular weight is 300 g/mol. The first-order chi connectivity index (χ1) is 4.43. The van der Waals surface area contributed by atoms with E-state index in [0.29, 0.717) is 0 Å². The van der Waals surface area contributed by atoms with Gasteiger partial charge in [-0.1, -0.05) is 6.42 Å². The summed E-state index contributed by atoms with van der Waals surface area (Å²) in [6.45, 7) is 5.22. The molecule has 50 valence electrons. The smallest absolute Gasteiger partial charge is 0.518 e. The molecule has 0 aromatic heterocycles. The van der Waals surface area contributed by atoms with Crippen LogP contribution in [0.2, 0.25) is 0 Å². The van der Waals surface area contributed by atoms with Gasteiger partial charge in [-0.15, -0.1) is 0 Å². The van der Waals surface area contributed by atoms with Crippen LogP contribution in [0.3, 0.4) is 0 Å². The van der Waals surface area contributed by atoms with Crippen molar-refractivity contribution in [1.29, 1.82) is 0 Å². The predicted molar refractivity (Wildman–Crippen MR) is 37.9 cm³/mol. The molecular weight excluding hydrogens is 292 g/mol. The number of allylic oxidation sites excluding steroid dienone is 1. The molecule has 0 aliphatic heterocycles. The van der Waals surface area contributed by atoms with Crippen molar-refractivity contribution in [3.63, 3.8) is 0 Å². The maximum atomic E-state index is 5.22. The minimum Gasteiger partial charge on any atom is -0.518 e. The Hall–Kier alpha value is -0.352. The quantitative estimate of drug-likeness (QED) is 0.733. The zero-order chi connectivity index (χ0) is 6.53. The molecule has 0 saturated heterocycles. The maximum absolute atomic E-state index is 5.22. The molecule has 0 amide bonds. The van der Waals surface area contributed by atoms with E-state index in [4.69, 9.17) is 6.58 Å². The molecule has 0 aliphatic rings. The van der Waals surface area contributed by atoms with E-state index < -0.39 is 0 Å². The molecule has 1 aromatic rings. The summed E-state index contributed by atoms with van der Waals surface area (Å²) in [4.78, 5) is 0. The standard InChI is InChI=1S/C9H8.W/c1-2-6-9-7-4-3-5-8-9;/h1-5,7H,6H2;/q-2;+2. The SMILES string of the molecule is [CH-]=CCc1[c-]cccc1.[W+2]. The van der Waals surface area contributed by atoms with E-state index in [2.05, 4.69) is 6.07 Å². The van der Waals surface area contributed by atoms with Crippen molar-refractivity contribution in [3.8, 4) is 0 Å². The van der Waals surface area contributed by atoms with Gasteiger partial charge in [0.05, 0.1) is 0 Å². The summed E-state index contributed by atoms with van der Waals surface area (Å²) in [6.07, 6.45) is 2.44. The summed E-state index contributed by atoms with van der Waals surface area (Å²) in [6, 6.07) is 10.9. The van der Waals surface area contributed by atoms with Crippen LogP contribution in [0.1, 0.15) is 5.56 Å². The molecule has 0 heterocycles. The first kappa shape index (κ1) is 9.65. The molecule has 0 atom stereocenters. The summed E-state index contributed by atoms with van der Waals surface area (Å²) >= 11 is 0. The monoisotopic (exact) mass is 300 g/mol. The fraction of sp³-hybridized carbons (Fsp3) is 0.111. The second-order valence-corrected chi connectivity index (χ2v) is 1.83. The second-order valence-electron chi connectivity index (χ2n) is 1.83. The largest absolute Gasteiger partial charge is 2.00 e. The zero-order valence-electron chi connectivity index (χ0n) is 5.58. The predicted octanol–water partition coefficient (Wildman–Crippen LogP) is 2.02. The number of hydrogen-bond acceptors (Lipinski definition) is 0. The Kier molecular flexibility index (Phi) is 5.24. The van der Waals surface area contributed by atoms with Crippen molar-refractivity contribution in [2.75, 3.05) is 0 Å². The van der Waals surface area contributed by atoms with Crippen LogP contribution in [0.25, 0.3) is 0 Å². The van der Waals surface area contributed by atoms with Crippen molar-refractivity contribution >= 4 is 0 Å². The molecule has 1 aromatic carbocycles. The minimum atomic E-state index is 0. The van der Waals surface area contributed by atoms with Gasteiger partial charge >= 0.3 is 21.1 Å². The van der Waals surface area contributed by atoms with E-state index in [1.54, 1.807) is 6.08 Å². The Labute approximate surface area is 76.2 Å². The van der Waals surface area contributed by atoms with Gasteiger partial charge in [0.2, 0.25) is 0 Å². The molecule has 0 spiro atoms. The minimum absolute atomic E-state index is 0. The third-order valence-electron chi connectivity index (χ3n) is 1.11. The fourth-order valence-electron chi connectivity index (χ4n) is 0.684. The Bertz CT molecular complexity index is 179. The third kappa shape index (κ3) is 2.98. The van der Waals surface area contributed by atoms with E-state index in [0.717, 1.165) is 12.0 Å². The van der Waals surface area contributed by atoms with Gasteiger partial charge in [0.1, 0.15) is 0 Å². The summed E-state index contributed by atoms with van der Waals surface area (Å²) in [5.41, 5.74) is 1.14. The molecule has 0 radical (unpaired) electrons. The Morgan fingerprint density at radius 3 is 2.80 bits per heavy atom. The summed E-state index contributed by atoms with van der Waals surface area (Å²) in [5, 5.41) is 0. The summed E-state index contributed by atoms with van der Waals surface area (Å²) < 4.78 is 0. The first-order valence-electron chi connectivity index (χ1n) is 2.92. The van der Waals surface area contributed by atoms with Crippen LogP contribution in [0.15, 0.2) is 30.3 Å². The molecule has 1 heteroatoms. The van der Waals surface area contributed by atoms with Crippen molar-refractivity contribution in [3.05, 3.63) is 48.6 Å². The van der Waals surface area contributed by atoms with E-state index in [9.17, 15) is 0 Å². The summed E-state index contributed by atoms with van der Waals surface area (Å²) in [7, 11) is 0.